The van der Waals surface area contributed by atoms with E-state index in [1.165, 1.54) is 11.1 Å². The molecule has 1 saturated carbocycles. The first-order valence-corrected chi connectivity index (χ1v) is 7.96. The van der Waals surface area contributed by atoms with Gasteiger partial charge in [0.2, 0.25) is 5.91 Å². The van der Waals surface area contributed by atoms with Gasteiger partial charge >= 0.3 is 0 Å². The Morgan fingerprint density at radius 3 is 2.41 bits per heavy atom. The summed E-state index contributed by atoms with van der Waals surface area (Å²) in [5, 5.41) is 0. The van der Waals surface area contributed by atoms with Crippen molar-refractivity contribution in [2.75, 3.05) is 0 Å². The highest BCUT2D eigenvalue weighted by atomic mass is 16.2. The van der Waals surface area contributed by atoms with E-state index in [9.17, 15) is 4.79 Å². The maximum Gasteiger partial charge on any atom is 0.223 e. The number of carbonyl (C=O) groups excluding carboxylic acids is 1. The minimum atomic E-state index is 0.264. The van der Waals surface area contributed by atoms with E-state index in [0.29, 0.717) is 19.0 Å². The monoisotopic (exact) mass is 294 g/mol. The van der Waals surface area contributed by atoms with Gasteiger partial charge in [0, 0.05) is 31.4 Å². The zero-order chi connectivity index (χ0) is 15.4. The first kappa shape index (κ1) is 14.8. The Labute approximate surface area is 132 Å². The first-order valence-electron chi connectivity index (χ1n) is 7.96. The molecule has 3 nitrogen and oxygen atoms in total. The number of rotatable bonds is 6. The zero-order valence-electron chi connectivity index (χ0n) is 13.0. The number of pyridine rings is 1. The lowest BCUT2D eigenvalue weighted by Gasteiger charge is -2.22. The van der Waals surface area contributed by atoms with Crippen molar-refractivity contribution in [3.63, 3.8) is 0 Å². The molecule has 0 N–H and O–H groups in total. The van der Waals surface area contributed by atoms with Gasteiger partial charge in [-0.15, -0.1) is 0 Å². The number of hydrogen-bond acceptors (Lipinski definition) is 2. The summed E-state index contributed by atoms with van der Waals surface area (Å²) in [6.07, 6.45) is 7.26. The van der Waals surface area contributed by atoms with Crippen molar-refractivity contribution in [3.05, 3.63) is 65.5 Å². The molecule has 22 heavy (non-hydrogen) atoms. The normalized spacial score (nSPS) is 13.9. The van der Waals surface area contributed by atoms with Crippen molar-refractivity contribution in [2.24, 2.45) is 0 Å². The summed E-state index contributed by atoms with van der Waals surface area (Å²) >= 11 is 0. The molecule has 1 aromatic carbocycles. The zero-order valence-corrected chi connectivity index (χ0v) is 13.0. The summed E-state index contributed by atoms with van der Waals surface area (Å²) in [7, 11) is 0. The van der Waals surface area contributed by atoms with Crippen molar-refractivity contribution in [1.82, 2.24) is 9.88 Å². The van der Waals surface area contributed by atoms with Crippen LogP contribution in [0.15, 0.2) is 48.8 Å². The van der Waals surface area contributed by atoms with Crippen LogP contribution in [0, 0.1) is 6.92 Å². The Kier molecular flexibility index (Phi) is 4.52. The van der Waals surface area contributed by atoms with Crippen LogP contribution in [-0.4, -0.2) is 21.8 Å². The van der Waals surface area contributed by atoms with Crippen LogP contribution in [0.25, 0.3) is 0 Å². The molecule has 1 aliphatic rings. The maximum absolute atomic E-state index is 12.6. The van der Waals surface area contributed by atoms with Gasteiger partial charge in [-0.25, -0.2) is 0 Å². The predicted octanol–water partition coefficient (Wildman–Crippen LogP) is 3.51. The highest BCUT2D eigenvalue weighted by Gasteiger charge is 2.32. The van der Waals surface area contributed by atoms with E-state index in [2.05, 4.69) is 36.2 Å². The molecule has 2 aromatic rings. The van der Waals surface area contributed by atoms with Crippen LogP contribution in [0.1, 0.15) is 36.0 Å². The molecule has 1 amide bonds. The SMILES string of the molecule is Cc1ccc(CCC(=O)N(Cc2ccncc2)C2CC2)cc1. The van der Waals surface area contributed by atoms with Gasteiger partial charge in [0.25, 0.3) is 0 Å². The molecule has 0 spiro atoms. The van der Waals surface area contributed by atoms with E-state index in [4.69, 9.17) is 0 Å². The molecule has 1 fully saturated rings. The fraction of sp³-hybridized carbons (Fsp3) is 0.368. The lowest BCUT2D eigenvalue weighted by molar-refractivity contribution is -0.132. The molecule has 1 heterocycles. The van der Waals surface area contributed by atoms with E-state index in [-0.39, 0.29) is 5.91 Å². The molecule has 1 aliphatic carbocycles. The van der Waals surface area contributed by atoms with Crippen molar-refractivity contribution >= 4 is 5.91 Å². The third-order valence-corrected chi connectivity index (χ3v) is 4.16. The van der Waals surface area contributed by atoms with Crippen molar-refractivity contribution in [3.8, 4) is 0 Å². The summed E-state index contributed by atoms with van der Waals surface area (Å²) in [6.45, 7) is 2.79. The quantitative estimate of drug-likeness (QED) is 0.817. The number of aromatic nitrogens is 1. The molecule has 114 valence electrons. The van der Waals surface area contributed by atoms with Crippen LogP contribution < -0.4 is 0 Å². The summed E-state index contributed by atoms with van der Waals surface area (Å²) in [6, 6.07) is 12.9. The van der Waals surface area contributed by atoms with Crippen molar-refractivity contribution in [2.45, 2.75) is 45.2 Å². The van der Waals surface area contributed by atoms with Gasteiger partial charge in [0.15, 0.2) is 0 Å². The lowest BCUT2D eigenvalue weighted by Crippen LogP contribution is -2.32. The molecular weight excluding hydrogens is 272 g/mol. The fourth-order valence-electron chi connectivity index (χ4n) is 2.64. The van der Waals surface area contributed by atoms with Crippen LogP contribution in [0.2, 0.25) is 0 Å². The molecule has 0 aliphatic heterocycles. The minimum absolute atomic E-state index is 0.264. The largest absolute Gasteiger partial charge is 0.335 e. The molecule has 0 radical (unpaired) electrons. The Hall–Kier alpha value is -2.16. The standard InChI is InChI=1S/C19H22N2O/c1-15-2-4-16(5-3-15)6-9-19(22)21(18-7-8-18)14-17-10-12-20-13-11-17/h2-5,10-13,18H,6-9,14H2,1H3. The second-order valence-corrected chi connectivity index (χ2v) is 6.09. The number of carbonyl (C=O) groups is 1. The second kappa shape index (κ2) is 6.73. The van der Waals surface area contributed by atoms with Crippen molar-refractivity contribution in [1.29, 1.82) is 0 Å². The highest BCUT2D eigenvalue weighted by molar-refractivity contribution is 5.77. The summed E-state index contributed by atoms with van der Waals surface area (Å²) in [5.74, 6) is 0.264. The molecule has 3 heteroatoms. The fourth-order valence-corrected chi connectivity index (χ4v) is 2.64. The number of benzene rings is 1. The molecular formula is C19H22N2O. The topological polar surface area (TPSA) is 33.2 Å². The van der Waals surface area contributed by atoms with Gasteiger partial charge < -0.3 is 4.90 Å². The molecule has 0 saturated heterocycles. The van der Waals surface area contributed by atoms with Gasteiger partial charge in [0.05, 0.1) is 0 Å². The van der Waals surface area contributed by atoms with Gasteiger partial charge in [0.1, 0.15) is 0 Å². The maximum atomic E-state index is 12.6. The van der Waals surface area contributed by atoms with Crippen LogP contribution >= 0.6 is 0 Å². The summed E-state index contributed by atoms with van der Waals surface area (Å²) in [4.78, 5) is 18.7. The lowest BCUT2D eigenvalue weighted by atomic mass is 10.1. The average Bonchev–Trinajstić information content (AvgIpc) is 3.37. The Bertz CT molecular complexity index is 618. The van der Waals surface area contributed by atoms with Gasteiger partial charge in [-0.05, 0) is 49.4 Å². The summed E-state index contributed by atoms with van der Waals surface area (Å²) in [5.41, 5.74) is 3.65. The van der Waals surface area contributed by atoms with E-state index in [1.807, 2.05) is 17.0 Å². The minimum Gasteiger partial charge on any atom is -0.335 e. The van der Waals surface area contributed by atoms with Gasteiger partial charge in [-0.2, -0.15) is 0 Å². The molecule has 0 atom stereocenters. The third-order valence-electron chi connectivity index (χ3n) is 4.16. The molecule has 3 rings (SSSR count). The van der Waals surface area contributed by atoms with Gasteiger partial charge in [-0.3, -0.25) is 9.78 Å². The highest BCUT2D eigenvalue weighted by Crippen LogP contribution is 2.29. The number of amides is 1. The Morgan fingerprint density at radius 1 is 1.09 bits per heavy atom. The average molecular weight is 294 g/mol. The van der Waals surface area contributed by atoms with E-state index < -0.39 is 0 Å². The van der Waals surface area contributed by atoms with Crippen LogP contribution in [-0.2, 0) is 17.8 Å². The van der Waals surface area contributed by atoms with Crippen LogP contribution in [0.4, 0.5) is 0 Å². The smallest absolute Gasteiger partial charge is 0.223 e. The third kappa shape index (κ3) is 3.94. The Morgan fingerprint density at radius 2 is 1.77 bits per heavy atom. The number of aryl methyl sites for hydroxylation is 2. The Balaban J connectivity index is 1.59. The van der Waals surface area contributed by atoms with Crippen LogP contribution in [0.5, 0.6) is 0 Å². The number of hydrogen-bond donors (Lipinski definition) is 0. The van der Waals surface area contributed by atoms with E-state index in [1.54, 1.807) is 12.4 Å². The number of nitrogens with zero attached hydrogens (tertiary/aromatic N) is 2. The van der Waals surface area contributed by atoms with Crippen LogP contribution in [0.3, 0.4) is 0 Å². The van der Waals surface area contributed by atoms with E-state index in [0.717, 1.165) is 24.8 Å². The molecule has 0 unspecified atom stereocenters. The predicted molar refractivity (Wildman–Crippen MR) is 87.3 cm³/mol. The first-order chi connectivity index (χ1) is 10.7. The van der Waals surface area contributed by atoms with Crippen molar-refractivity contribution < 1.29 is 4.79 Å². The van der Waals surface area contributed by atoms with E-state index >= 15 is 0 Å². The molecule has 1 aromatic heterocycles. The second-order valence-electron chi connectivity index (χ2n) is 6.09. The van der Waals surface area contributed by atoms with Gasteiger partial charge in [-0.1, -0.05) is 29.8 Å². The summed E-state index contributed by atoms with van der Waals surface area (Å²) < 4.78 is 0. The molecule has 0 bridgehead atoms.